The van der Waals surface area contributed by atoms with Gasteiger partial charge in [0.25, 0.3) is 0 Å². The van der Waals surface area contributed by atoms with E-state index in [1.807, 2.05) is 6.92 Å². The first-order valence-electron chi connectivity index (χ1n) is 5.28. The van der Waals surface area contributed by atoms with Gasteiger partial charge in [0.15, 0.2) is 0 Å². The van der Waals surface area contributed by atoms with Gasteiger partial charge in [-0.05, 0) is 32.9 Å². The van der Waals surface area contributed by atoms with Gasteiger partial charge in [0.05, 0.1) is 16.0 Å². The number of sulfone groups is 1. The molecular weight excluding hydrogens is 236 g/mol. The predicted molar refractivity (Wildman–Crippen MR) is 65.4 cm³/mol. The molecule has 0 saturated heterocycles. The average Bonchev–Trinajstić information content (AvgIpc) is 2.59. The minimum atomic E-state index is -3.49. The lowest BCUT2D eigenvalue weighted by Gasteiger charge is -2.17. The van der Waals surface area contributed by atoms with Gasteiger partial charge in [-0.25, -0.2) is 8.42 Å². The molecule has 0 saturated carbocycles. The monoisotopic (exact) mass is 250 g/mol. The van der Waals surface area contributed by atoms with E-state index in [2.05, 4.69) is 10.2 Å². The smallest absolute Gasteiger partial charge is 0.206 e. The van der Waals surface area contributed by atoms with Crippen LogP contribution in [0.4, 0.5) is 0 Å². The van der Waals surface area contributed by atoms with E-state index >= 15 is 0 Å². The van der Waals surface area contributed by atoms with E-state index in [1.54, 1.807) is 38.1 Å². The first-order valence-corrected chi connectivity index (χ1v) is 6.77. The van der Waals surface area contributed by atoms with Crippen molar-refractivity contribution in [2.45, 2.75) is 31.2 Å². The molecule has 0 radical (unpaired) electrons. The van der Waals surface area contributed by atoms with Crippen LogP contribution in [0.1, 0.15) is 19.4 Å². The Morgan fingerprint density at radius 3 is 2.18 bits per heavy atom. The molecule has 2 rings (SSSR count). The number of hydrogen-bond donors (Lipinski definition) is 0. The number of aryl methyl sites for hydroxylation is 1. The van der Waals surface area contributed by atoms with E-state index in [1.165, 1.54) is 6.20 Å². The molecule has 0 bridgehead atoms. The molecule has 5 heteroatoms. The van der Waals surface area contributed by atoms with Crippen molar-refractivity contribution in [1.29, 1.82) is 0 Å². The third kappa shape index (κ3) is 2.02. The first-order chi connectivity index (χ1) is 7.84. The summed E-state index contributed by atoms with van der Waals surface area (Å²) in [7, 11) is -3.49. The van der Waals surface area contributed by atoms with E-state index in [0.717, 1.165) is 5.56 Å². The van der Waals surface area contributed by atoms with Crippen LogP contribution in [0.3, 0.4) is 0 Å². The number of benzene rings is 1. The molecule has 0 spiro atoms. The van der Waals surface area contributed by atoms with Crippen molar-refractivity contribution < 1.29 is 8.42 Å². The van der Waals surface area contributed by atoms with E-state index in [-0.39, 0.29) is 9.80 Å². The van der Waals surface area contributed by atoms with Gasteiger partial charge in [-0.1, -0.05) is 17.7 Å². The molecule has 0 N–H and O–H groups in total. The molecule has 4 nitrogen and oxygen atoms in total. The van der Waals surface area contributed by atoms with Crippen molar-refractivity contribution in [3.63, 3.8) is 0 Å². The molecule has 1 heterocycles. The van der Waals surface area contributed by atoms with Crippen molar-refractivity contribution in [3.05, 3.63) is 40.9 Å². The molecule has 90 valence electrons. The second-order valence-electron chi connectivity index (χ2n) is 4.58. The second-order valence-corrected chi connectivity index (χ2v) is 6.50. The predicted octanol–water partition coefficient (Wildman–Crippen LogP) is 2.85. The number of hydrogen-bond acceptors (Lipinski definition) is 4. The fourth-order valence-corrected chi connectivity index (χ4v) is 3.31. The summed E-state index contributed by atoms with van der Waals surface area (Å²) in [5.41, 5.74) is 0.252. The molecule has 0 amide bonds. The minimum Gasteiger partial charge on any atom is -0.219 e. The van der Waals surface area contributed by atoms with Crippen LogP contribution in [0.2, 0.25) is 0 Å². The van der Waals surface area contributed by atoms with E-state index < -0.39 is 15.4 Å². The molecule has 0 aromatic heterocycles. The van der Waals surface area contributed by atoms with Crippen molar-refractivity contribution in [2.24, 2.45) is 10.2 Å². The minimum absolute atomic E-state index is 0.244. The SMILES string of the molecule is Cc1ccc(S(=O)(=O)C2=CN=NC2(C)C)cc1. The lowest BCUT2D eigenvalue weighted by Crippen LogP contribution is -2.23. The summed E-state index contributed by atoms with van der Waals surface area (Å²) in [6.45, 7) is 5.39. The second kappa shape index (κ2) is 3.77. The van der Waals surface area contributed by atoms with Gasteiger partial charge < -0.3 is 0 Å². The van der Waals surface area contributed by atoms with Crippen molar-refractivity contribution in [3.8, 4) is 0 Å². The van der Waals surface area contributed by atoms with E-state index in [9.17, 15) is 8.42 Å². The summed E-state index contributed by atoms with van der Waals surface area (Å²) in [4.78, 5) is 0.531. The van der Waals surface area contributed by atoms with Crippen LogP contribution in [-0.4, -0.2) is 14.0 Å². The summed E-state index contributed by atoms with van der Waals surface area (Å²) in [5, 5.41) is 7.62. The molecule has 0 atom stereocenters. The molecule has 17 heavy (non-hydrogen) atoms. The van der Waals surface area contributed by atoms with Crippen LogP contribution in [0.5, 0.6) is 0 Å². The summed E-state index contributed by atoms with van der Waals surface area (Å²) in [6, 6.07) is 6.78. The maximum absolute atomic E-state index is 12.4. The Labute approximate surface area is 101 Å². The summed E-state index contributed by atoms with van der Waals surface area (Å²) in [6.07, 6.45) is 1.33. The van der Waals surface area contributed by atoms with Gasteiger partial charge in [-0.2, -0.15) is 10.2 Å². The van der Waals surface area contributed by atoms with Gasteiger partial charge in [0.2, 0.25) is 9.84 Å². The first kappa shape index (κ1) is 12.0. The zero-order chi connectivity index (χ0) is 12.7. The van der Waals surface area contributed by atoms with Gasteiger partial charge in [-0.15, -0.1) is 0 Å². The summed E-state index contributed by atoms with van der Waals surface area (Å²) >= 11 is 0. The van der Waals surface area contributed by atoms with Gasteiger partial charge in [0, 0.05) is 0 Å². The molecular formula is C12H14N2O2S. The Morgan fingerprint density at radius 2 is 1.71 bits per heavy atom. The van der Waals surface area contributed by atoms with E-state index in [4.69, 9.17) is 0 Å². The highest BCUT2D eigenvalue weighted by Crippen LogP contribution is 2.34. The highest BCUT2D eigenvalue weighted by atomic mass is 32.2. The third-order valence-electron chi connectivity index (χ3n) is 2.71. The van der Waals surface area contributed by atoms with Crippen LogP contribution in [0, 0.1) is 6.92 Å². The van der Waals surface area contributed by atoms with Crippen LogP contribution in [0.25, 0.3) is 0 Å². The lowest BCUT2D eigenvalue weighted by atomic mass is 10.1. The summed E-state index contributed by atoms with van der Waals surface area (Å²) in [5.74, 6) is 0. The van der Waals surface area contributed by atoms with Crippen LogP contribution in [0.15, 0.2) is 50.5 Å². The third-order valence-corrected chi connectivity index (χ3v) is 4.78. The Kier molecular flexibility index (Phi) is 2.66. The van der Waals surface area contributed by atoms with Crippen LogP contribution < -0.4 is 0 Å². The normalized spacial score (nSPS) is 18.2. The Hall–Kier alpha value is -1.49. The zero-order valence-corrected chi connectivity index (χ0v) is 10.8. The molecule has 1 aliphatic heterocycles. The fourth-order valence-electron chi connectivity index (χ4n) is 1.68. The topological polar surface area (TPSA) is 58.9 Å². The molecule has 1 aliphatic rings. The van der Waals surface area contributed by atoms with Crippen LogP contribution >= 0.6 is 0 Å². The average molecular weight is 250 g/mol. The van der Waals surface area contributed by atoms with Crippen LogP contribution in [-0.2, 0) is 9.84 Å². The van der Waals surface area contributed by atoms with Gasteiger partial charge in [0.1, 0.15) is 5.54 Å². The van der Waals surface area contributed by atoms with Gasteiger partial charge >= 0.3 is 0 Å². The maximum Gasteiger partial charge on any atom is 0.206 e. The van der Waals surface area contributed by atoms with Crippen molar-refractivity contribution >= 4 is 9.84 Å². The van der Waals surface area contributed by atoms with Crippen molar-refractivity contribution in [1.82, 2.24) is 0 Å². The summed E-state index contributed by atoms with van der Waals surface area (Å²) < 4.78 is 24.7. The molecule has 0 unspecified atom stereocenters. The zero-order valence-electron chi connectivity index (χ0n) is 10.0. The fraction of sp³-hybridized carbons (Fsp3) is 0.333. The highest BCUT2D eigenvalue weighted by molar-refractivity contribution is 7.95. The highest BCUT2D eigenvalue weighted by Gasteiger charge is 2.37. The molecule has 1 aromatic rings. The largest absolute Gasteiger partial charge is 0.219 e. The standard InChI is InChI=1S/C12H14N2O2S/c1-9-4-6-10(7-5-9)17(15,16)11-8-13-14-12(11,2)3/h4-8H,1-3H3. The number of azo groups is 1. The van der Waals surface area contributed by atoms with E-state index in [0.29, 0.717) is 0 Å². The Bertz CT molecular complexity index is 596. The number of nitrogens with zero attached hydrogens (tertiary/aromatic N) is 2. The van der Waals surface area contributed by atoms with Crippen molar-refractivity contribution in [2.75, 3.05) is 0 Å². The quantitative estimate of drug-likeness (QED) is 0.810. The lowest BCUT2D eigenvalue weighted by molar-refractivity contribution is 0.578. The molecule has 0 fully saturated rings. The Morgan fingerprint density at radius 1 is 1.12 bits per heavy atom. The molecule has 0 aliphatic carbocycles. The molecule has 1 aromatic carbocycles. The Balaban J connectivity index is 2.49. The maximum atomic E-state index is 12.4. The number of rotatable bonds is 2. The van der Waals surface area contributed by atoms with Gasteiger partial charge in [-0.3, -0.25) is 0 Å².